The molecule has 2 rings (SSSR count). The second kappa shape index (κ2) is 7.98. The molecule has 0 aliphatic heterocycles. The fraction of sp³-hybridized carbons (Fsp3) is 0.200. The van der Waals surface area contributed by atoms with Crippen LogP contribution in [0.1, 0.15) is 23.6 Å². The summed E-state index contributed by atoms with van der Waals surface area (Å²) in [7, 11) is 0. The lowest BCUT2D eigenvalue weighted by molar-refractivity contribution is -0.112. The molecule has 4 heteroatoms. The first kappa shape index (κ1) is 17.3. The fourth-order valence-corrected chi connectivity index (χ4v) is 2.33. The lowest BCUT2D eigenvalue weighted by atomic mass is 10.1. The van der Waals surface area contributed by atoms with Crippen LogP contribution in [0.4, 0.5) is 5.69 Å². The van der Waals surface area contributed by atoms with Crippen molar-refractivity contribution in [3.05, 3.63) is 64.7 Å². The van der Waals surface area contributed by atoms with E-state index < -0.39 is 5.91 Å². The second-order valence-corrected chi connectivity index (χ2v) is 5.39. The van der Waals surface area contributed by atoms with E-state index in [2.05, 4.69) is 5.32 Å². The number of rotatable bonds is 5. The molecule has 4 nitrogen and oxygen atoms in total. The number of aryl methyl sites for hydroxylation is 2. The van der Waals surface area contributed by atoms with Gasteiger partial charge in [0.25, 0.3) is 5.91 Å². The molecule has 0 spiro atoms. The largest absolute Gasteiger partial charge is 0.494 e. The maximum Gasteiger partial charge on any atom is 0.266 e. The molecule has 1 amide bonds. The molecule has 1 N–H and O–H groups in total. The number of para-hydroxylation sites is 1. The number of nitrogens with zero attached hydrogens (tertiary/aromatic N) is 1. The number of hydrogen-bond donors (Lipinski definition) is 1. The molecule has 0 bridgehead atoms. The first-order valence-electron chi connectivity index (χ1n) is 7.77. The van der Waals surface area contributed by atoms with E-state index >= 15 is 0 Å². The molecule has 0 aliphatic carbocycles. The summed E-state index contributed by atoms with van der Waals surface area (Å²) >= 11 is 0. The molecule has 0 fully saturated rings. The van der Waals surface area contributed by atoms with Gasteiger partial charge >= 0.3 is 0 Å². The van der Waals surface area contributed by atoms with Crippen LogP contribution < -0.4 is 10.1 Å². The number of carbonyl (C=O) groups excluding carboxylic acids is 1. The van der Waals surface area contributed by atoms with Gasteiger partial charge in [0.15, 0.2) is 0 Å². The van der Waals surface area contributed by atoms with Gasteiger partial charge < -0.3 is 10.1 Å². The zero-order valence-electron chi connectivity index (χ0n) is 14.1. The van der Waals surface area contributed by atoms with E-state index in [0.29, 0.717) is 6.61 Å². The van der Waals surface area contributed by atoms with Gasteiger partial charge in [0.2, 0.25) is 0 Å². The summed E-state index contributed by atoms with van der Waals surface area (Å²) in [6, 6.07) is 15.0. The summed E-state index contributed by atoms with van der Waals surface area (Å²) in [5.74, 6) is 0.344. The van der Waals surface area contributed by atoms with Gasteiger partial charge in [-0.15, -0.1) is 0 Å². The van der Waals surface area contributed by atoms with Crippen LogP contribution in [0.25, 0.3) is 6.08 Å². The number of nitriles is 1. The van der Waals surface area contributed by atoms with Gasteiger partial charge in [-0.05, 0) is 55.7 Å². The highest BCUT2D eigenvalue weighted by Gasteiger charge is 2.12. The van der Waals surface area contributed by atoms with Crippen LogP contribution in [0.2, 0.25) is 0 Å². The maximum atomic E-state index is 12.4. The second-order valence-electron chi connectivity index (χ2n) is 5.39. The third-order valence-electron chi connectivity index (χ3n) is 3.59. The molecule has 0 aromatic heterocycles. The molecule has 0 saturated carbocycles. The van der Waals surface area contributed by atoms with Crippen molar-refractivity contribution in [1.82, 2.24) is 0 Å². The third kappa shape index (κ3) is 4.23. The Morgan fingerprint density at radius 3 is 2.33 bits per heavy atom. The van der Waals surface area contributed by atoms with E-state index in [1.807, 2.05) is 69.3 Å². The maximum absolute atomic E-state index is 12.4. The molecule has 122 valence electrons. The Labute approximate surface area is 142 Å². The lowest BCUT2D eigenvalue weighted by Gasteiger charge is -2.11. The Morgan fingerprint density at radius 2 is 1.79 bits per heavy atom. The molecule has 0 atom stereocenters. The number of anilines is 1. The predicted octanol–water partition coefficient (Wildman–Crippen LogP) is 4.25. The van der Waals surface area contributed by atoms with Crippen molar-refractivity contribution in [3.63, 3.8) is 0 Å². The number of hydrogen-bond acceptors (Lipinski definition) is 3. The molecular formula is C20H20N2O2. The summed E-state index contributed by atoms with van der Waals surface area (Å²) in [5, 5.41) is 12.1. The van der Waals surface area contributed by atoms with E-state index in [4.69, 9.17) is 4.74 Å². The van der Waals surface area contributed by atoms with E-state index in [1.54, 1.807) is 6.08 Å². The molecule has 2 aromatic rings. The minimum atomic E-state index is -0.413. The summed E-state index contributed by atoms with van der Waals surface area (Å²) < 4.78 is 5.38. The number of ether oxygens (including phenoxy) is 1. The van der Waals surface area contributed by atoms with Crippen molar-refractivity contribution in [3.8, 4) is 11.8 Å². The van der Waals surface area contributed by atoms with Gasteiger partial charge in [0.05, 0.1) is 6.61 Å². The minimum Gasteiger partial charge on any atom is -0.494 e. The molecule has 0 aliphatic rings. The molecule has 0 heterocycles. The van der Waals surface area contributed by atoms with Crippen molar-refractivity contribution >= 4 is 17.7 Å². The van der Waals surface area contributed by atoms with Gasteiger partial charge in [0, 0.05) is 5.69 Å². The Kier molecular flexibility index (Phi) is 5.75. The van der Waals surface area contributed by atoms with Gasteiger partial charge in [-0.1, -0.05) is 30.3 Å². The van der Waals surface area contributed by atoms with E-state index in [0.717, 1.165) is 28.1 Å². The quantitative estimate of drug-likeness (QED) is 0.662. The Balaban J connectivity index is 2.21. The number of amides is 1. The molecule has 0 radical (unpaired) electrons. The highest BCUT2D eigenvalue weighted by atomic mass is 16.5. The highest BCUT2D eigenvalue weighted by Crippen LogP contribution is 2.21. The van der Waals surface area contributed by atoms with E-state index in [-0.39, 0.29) is 5.57 Å². The van der Waals surface area contributed by atoms with Crippen LogP contribution in [0.3, 0.4) is 0 Å². The van der Waals surface area contributed by atoms with Crippen LogP contribution in [0.15, 0.2) is 48.0 Å². The van der Waals surface area contributed by atoms with E-state index in [9.17, 15) is 10.1 Å². The normalized spacial score (nSPS) is 10.8. The van der Waals surface area contributed by atoms with Crippen LogP contribution in [0, 0.1) is 25.2 Å². The summed E-state index contributed by atoms with van der Waals surface area (Å²) in [5.41, 5.74) is 3.49. The molecule has 24 heavy (non-hydrogen) atoms. The predicted molar refractivity (Wildman–Crippen MR) is 95.7 cm³/mol. The molecular weight excluding hydrogens is 300 g/mol. The third-order valence-corrected chi connectivity index (χ3v) is 3.59. The molecule has 0 saturated heterocycles. The van der Waals surface area contributed by atoms with Crippen molar-refractivity contribution in [2.24, 2.45) is 0 Å². The van der Waals surface area contributed by atoms with Crippen molar-refractivity contribution in [1.29, 1.82) is 5.26 Å². The van der Waals surface area contributed by atoms with Crippen LogP contribution in [0.5, 0.6) is 5.75 Å². The standard InChI is InChI=1S/C20H20N2O2/c1-4-24-18-10-8-16(9-11-18)12-17(13-21)20(23)22-19-14(2)6-5-7-15(19)3/h5-12H,4H2,1-3H3,(H,22,23)/b17-12-. The molecule has 2 aromatic carbocycles. The Bertz CT molecular complexity index is 779. The van der Waals surface area contributed by atoms with E-state index in [1.165, 1.54) is 0 Å². The number of nitrogens with one attached hydrogen (secondary N) is 1. The van der Waals surface area contributed by atoms with Crippen LogP contribution in [-0.2, 0) is 4.79 Å². The van der Waals surface area contributed by atoms with Crippen molar-refractivity contribution < 1.29 is 9.53 Å². The average molecular weight is 320 g/mol. The SMILES string of the molecule is CCOc1ccc(/C=C(/C#N)C(=O)Nc2c(C)cccc2C)cc1. The first-order valence-corrected chi connectivity index (χ1v) is 7.77. The van der Waals surface area contributed by atoms with Gasteiger partial charge in [0.1, 0.15) is 17.4 Å². The fourth-order valence-electron chi connectivity index (χ4n) is 2.33. The Morgan fingerprint density at radius 1 is 1.17 bits per heavy atom. The lowest BCUT2D eigenvalue weighted by Crippen LogP contribution is -2.15. The average Bonchev–Trinajstić information content (AvgIpc) is 2.57. The van der Waals surface area contributed by atoms with Gasteiger partial charge in [-0.25, -0.2) is 0 Å². The van der Waals surface area contributed by atoms with Gasteiger partial charge in [-0.3, -0.25) is 4.79 Å². The summed E-state index contributed by atoms with van der Waals surface area (Å²) in [4.78, 5) is 12.4. The zero-order valence-corrected chi connectivity index (χ0v) is 14.1. The number of carbonyl (C=O) groups is 1. The minimum absolute atomic E-state index is 0.0572. The van der Waals surface area contributed by atoms with Crippen molar-refractivity contribution in [2.75, 3.05) is 11.9 Å². The number of benzene rings is 2. The van der Waals surface area contributed by atoms with Crippen LogP contribution >= 0.6 is 0 Å². The monoisotopic (exact) mass is 320 g/mol. The van der Waals surface area contributed by atoms with Gasteiger partial charge in [-0.2, -0.15) is 5.26 Å². The summed E-state index contributed by atoms with van der Waals surface area (Å²) in [6.07, 6.45) is 1.57. The topological polar surface area (TPSA) is 62.1 Å². The molecule has 0 unspecified atom stereocenters. The highest BCUT2D eigenvalue weighted by molar-refractivity contribution is 6.10. The van der Waals surface area contributed by atoms with Crippen LogP contribution in [-0.4, -0.2) is 12.5 Å². The first-order chi connectivity index (χ1) is 11.5. The Hall–Kier alpha value is -3.06. The summed E-state index contributed by atoms with van der Waals surface area (Å²) in [6.45, 7) is 6.35. The zero-order chi connectivity index (χ0) is 17.5. The smallest absolute Gasteiger partial charge is 0.266 e. The van der Waals surface area contributed by atoms with Crippen molar-refractivity contribution in [2.45, 2.75) is 20.8 Å².